The maximum atomic E-state index is 5.84. The molecule has 2 atom stereocenters. The van der Waals surface area contributed by atoms with Crippen LogP contribution in [0.5, 0.6) is 0 Å². The molecule has 3 heterocycles. The largest absolute Gasteiger partial charge is 0.373 e. The fourth-order valence-corrected chi connectivity index (χ4v) is 2.92. The van der Waals surface area contributed by atoms with Crippen LogP contribution in [0.2, 0.25) is 0 Å². The van der Waals surface area contributed by atoms with Crippen molar-refractivity contribution in [3.63, 3.8) is 0 Å². The van der Waals surface area contributed by atoms with Crippen LogP contribution >= 0.6 is 11.3 Å². The highest BCUT2D eigenvalue weighted by Gasteiger charge is 2.31. The maximum absolute atomic E-state index is 5.84. The van der Waals surface area contributed by atoms with Gasteiger partial charge >= 0.3 is 0 Å². The number of rotatable bonds is 3. The second-order valence-corrected chi connectivity index (χ2v) is 5.20. The molecule has 1 aromatic rings. The summed E-state index contributed by atoms with van der Waals surface area (Å²) in [5, 5.41) is 11.9. The van der Waals surface area contributed by atoms with E-state index in [1.807, 2.05) is 0 Å². The number of hydrogen-bond acceptors (Lipinski definition) is 6. The fraction of sp³-hybridized carbons (Fsp3) is 0.800. The van der Waals surface area contributed by atoms with Gasteiger partial charge in [0, 0.05) is 19.1 Å². The van der Waals surface area contributed by atoms with Gasteiger partial charge in [-0.3, -0.25) is 4.90 Å². The molecule has 16 heavy (non-hydrogen) atoms. The molecule has 2 unspecified atom stereocenters. The van der Waals surface area contributed by atoms with E-state index in [0.717, 1.165) is 24.8 Å². The molecule has 2 saturated heterocycles. The highest BCUT2D eigenvalue weighted by Crippen LogP contribution is 2.22. The number of nitrogens with zero attached hydrogens (tertiary/aromatic N) is 3. The lowest BCUT2D eigenvalue weighted by Crippen LogP contribution is -2.48. The highest BCUT2D eigenvalue weighted by atomic mass is 32.1. The Balaban J connectivity index is 1.49. The van der Waals surface area contributed by atoms with E-state index in [1.54, 1.807) is 5.51 Å². The summed E-state index contributed by atoms with van der Waals surface area (Å²) in [4.78, 5) is 2.55. The lowest BCUT2D eigenvalue weighted by Gasteiger charge is -2.35. The van der Waals surface area contributed by atoms with E-state index in [-0.39, 0.29) is 0 Å². The monoisotopic (exact) mass is 240 g/mol. The van der Waals surface area contributed by atoms with Crippen molar-refractivity contribution in [1.82, 2.24) is 15.1 Å². The molecule has 0 amide bonds. The summed E-state index contributed by atoms with van der Waals surface area (Å²) >= 11 is 1.53. The Morgan fingerprint density at radius 3 is 3.50 bits per heavy atom. The van der Waals surface area contributed by atoms with Crippen molar-refractivity contribution < 1.29 is 4.74 Å². The van der Waals surface area contributed by atoms with Crippen molar-refractivity contribution in [2.75, 3.05) is 31.6 Å². The van der Waals surface area contributed by atoms with E-state index in [9.17, 15) is 0 Å². The standard InChI is InChI=1S/C10H16N4OS/c1-2-8-6-15-9(5-14(8)3-1)4-11-10-13-12-7-16-10/h7-9H,1-6H2,(H,11,13). The molecule has 0 aromatic carbocycles. The highest BCUT2D eigenvalue weighted by molar-refractivity contribution is 7.13. The van der Waals surface area contributed by atoms with E-state index < -0.39 is 0 Å². The normalized spacial score (nSPS) is 30.2. The molecule has 0 bridgehead atoms. The van der Waals surface area contributed by atoms with Gasteiger partial charge in [0.2, 0.25) is 5.13 Å². The predicted octanol–water partition coefficient (Wildman–Crippen LogP) is 0.813. The Morgan fingerprint density at radius 2 is 2.62 bits per heavy atom. The van der Waals surface area contributed by atoms with Crippen molar-refractivity contribution in [1.29, 1.82) is 0 Å². The molecule has 2 aliphatic rings. The van der Waals surface area contributed by atoms with Gasteiger partial charge < -0.3 is 10.1 Å². The van der Waals surface area contributed by atoms with E-state index in [2.05, 4.69) is 20.4 Å². The topological polar surface area (TPSA) is 50.3 Å². The molecule has 0 spiro atoms. The lowest BCUT2D eigenvalue weighted by molar-refractivity contribution is -0.0415. The summed E-state index contributed by atoms with van der Waals surface area (Å²) in [5.41, 5.74) is 1.74. The third-order valence-electron chi connectivity index (χ3n) is 3.30. The zero-order chi connectivity index (χ0) is 10.8. The Morgan fingerprint density at radius 1 is 1.62 bits per heavy atom. The first-order chi connectivity index (χ1) is 7.92. The Hall–Kier alpha value is -0.720. The number of anilines is 1. The van der Waals surface area contributed by atoms with Crippen LogP contribution in [0.25, 0.3) is 0 Å². The molecule has 2 fully saturated rings. The molecule has 5 nitrogen and oxygen atoms in total. The summed E-state index contributed by atoms with van der Waals surface area (Å²) in [7, 11) is 0. The Bertz CT molecular complexity index is 332. The minimum absolute atomic E-state index is 0.290. The molecule has 3 rings (SSSR count). The van der Waals surface area contributed by atoms with Gasteiger partial charge in [-0.2, -0.15) is 0 Å². The first-order valence-corrected chi connectivity index (χ1v) is 6.65. The van der Waals surface area contributed by atoms with Gasteiger partial charge in [-0.15, -0.1) is 10.2 Å². The molecule has 0 saturated carbocycles. The van der Waals surface area contributed by atoms with Gasteiger partial charge in [-0.1, -0.05) is 11.3 Å². The average Bonchev–Trinajstić information content (AvgIpc) is 2.97. The summed E-state index contributed by atoms with van der Waals surface area (Å²) in [6, 6.07) is 0.678. The molecule has 2 aliphatic heterocycles. The number of aromatic nitrogens is 2. The van der Waals surface area contributed by atoms with Gasteiger partial charge in [0.05, 0.1) is 12.7 Å². The van der Waals surface area contributed by atoms with Gasteiger partial charge in [0.1, 0.15) is 5.51 Å². The van der Waals surface area contributed by atoms with Crippen LogP contribution in [0.1, 0.15) is 12.8 Å². The van der Waals surface area contributed by atoms with Crippen LogP contribution in [0.3, 0.4) is 0 Å². The van der Waals surface area contributed by atoms with Crippen molar-refractivity contribution in [3.05, 3.63) is 5.51 Å². The van der Waals surface area contributed by atoms with Crippen LogP contribution in [0.15, 0.2) is 5.51 Å². The SMILES string of the molecule is c1nnc(NCC2CN3CCCC3CO2)s1. The predicted molar refractivity (Wildman–Crippen MR) is 62.7 cm³/mol. The van der Waals surface area contributed by atoms with Crippen LogP contribution in [-0.4, -0.2) is 53.5 Å². The van der Waals surface area contributed by atoms with Crippen LogP contribution < -0.4 is 5.32 Å². The quantitative estimate of drug-likeness (QED) is 0.847. The number of fused-ring (bicyclic) bond motifs is 1. The van der Waals surface area contributed by atoms with Crippen molar-refractivity contribution >= 4 is 16.5 Å². The summed E-state index contributed by atoms with van der Waals surface area (Å²) in [5.74, 6) is 0. The zero-order valence-corrected chi connectivity index (χ0v) is 9.95. The first-order valence-electron chi connectivity index (χ1n) is 5.77. The minimum atomic E-state index is 0.290. The Labute approximate surface area is 98.8 Å². The number of morpholine rings is 1. The van der Waals surface area contributed by atoms with Crippen LogP contribution in [0.4, 0.5) is 5.13 Å². The zero-order valence-electron chi connectivity index (χ0n) is 9.13. The Kier molecular flexibility index (Phi) is 3.03. The lowest BCUT2D eigenvalue weighted by atomic mass is 10.2. The summed E-state index contributed by atoms with van der Waals surface area (Å²) < 4.78 is 5.84. The molecular formula is C10H16N4OS. The van der Waals surface area contributed by atoms with Gasteiger partial charge in [-0.25, -0.2) is 0 Å². The third kappa shape index (κ3) is 2.18. The number of hydrogen-bond donors (Lipinski definition) is 1. The van der Waals surface area contributed by atoms with Crippen molar-refractivity contribution in [3.8, 4) is 0 Å². The summed E-state index contributed by atoms with van der Waals surface area (Å²) in [6.07, 6.45) is 2.92. The number of ether oxygens (including phenoxy) is 1. The van der Waals surface area contributed by atoms with Crippen LogP contribution in [0, 0.1) is 0 Å². The third-order valence-corrected chi connectivity index (χ3v) is 3.95. The molecular weight excluding hydrogens is 224 g/mol. The smallest absolute Gasteiger partial charge is 0.205 e. The van der Waals surface area contributed by atoms with Gasteiger partial charge in [-0.05, 0) is 19.4 Å². The average molecular weight is 240 g/mol. The van der Waals surface area contributed by atoms with Crippen molar-refractivity contribution in [2.45, 2.75) is 25.0 Å². The van der Waals surface area contributed by atoms with Gasteiger partial charge in [0.15, 0.2) is 0 Å². The summed E-state index contributed by atoms with van der Waals surface area (Å²) in [6.45, 7) is 4.01. The first kappa shape index (κ1) is 10.4. The van der Waals surface area contributed by atoms with E-state index in [1.165, 1.54) is 30.7 Å². The van der Waals surface area contributed by atoms with E-state index >= 15 is 0 Å². The molecule has 1 aromatic heterocycles. The van der Waals surface area contributed by atoms with Gasteiger partial charge in [0.25, 0.3) is 0 Å². The van der Waals surface area contributed by atoms with E-state index in [4.69, 9.17) is 4.74 Å². The molecule has 88 valence electrons. The number of nitrogens with one attached hydrogen (secondary N) is 1. The maximum Gasteiger partial charge on any atom is 0.205 e. The molecule has 0 aliphatic carbocycles. The van der Waals surface area contributed by atoms with E-state index in [0.29, 0.717) is 12.1 Å². The fourth-order valence-electron chi connectivity index (χ4n) is 2.46. The molecule has 1 N–H and O–H groups in total. The minimum Gasteiger partial charge on any atom is -0.373 e. The second kappa shape index (κ2) is 4.65. The van der Waals surface area contributed by atoms with Crippen molar-refractivity contribution in [2.24, 2.45) is 0 Å². The molecule has 0 radical (unpaired) electrons. The molecule has 6 heteroatoms. The second-order valence-electron chi connectivity index (χ2n) is 4.37. The van der Waals surface area contributed by atoms with Crippen LogP contribution in [-0.2, 0) is 4.74 Å².